The minimum absolute atomic E-state index is 0.0467. The molecule has 1 saturated heterocycles. The summed E-state index contributed by atoms with van der Waals surface area (Å²) in [6, 6.07) is 9.55. The highest BCUT2D eigenvalue weighted by Gasteiger charge is 2.27. The first kappa shape index (κ1) is 15.3. The molecule has 1 amide bonds. The van der Waals surface area contributed by atoms with Gasteiger partial charge in [0.15, 0.2) is 0 Å². The summed E-state index contributed by atoms with van der Waals surface area (Å²) in [5, 5.41) is 11.4. The number of nitrogens with one attached hydrogen (secondary N) is 1. The van der Waals surface area contributed by atoms with Crippen LogP contribution in [0.15, 0.2) is 30.3 Å². The van der Waals surface area contributed by atoms with Gasteiger partial charge in [-0.05, 0) is 17.9 Å². The van der Waals surface area contributed by atoms with Crippen molar-refractivity contribution in [2.24, 2.45) is 5.92 Å². The van der Waals surface area contributed by atoms with Gasteiger partial charge in [-0.1, -0.05) is 30.3 Å². The molecule has 0 bridgehead atoms. The number of carboxylic acids is 1. The molecule has 0 unspecified atom stereocenters. The van der Waals surface area contributed by atoms with Crippen molar-refractivity contribution >= 4 is 12.1 Å². The zero-order valence-electron chi connectivity index (χ0n) is 11.8. The Morgan fingerprint density at radius 2 is 2.10 bits per heavy atom. The van der Waals surface area contributed by atoms with E-state index in [1.165, 1.54) is 0 Å². The fraction of sp³-hybridized carbons (Fsp3) is 0.467. The third-order valence-electron chi connectivity index (χ3n) is 3.46. The molecule has 1 atom stereocenters. The maximum Gasteiger partial charge on any atom is 0.410 e. The molecule has 2 rings (SSSR count). The highest BCUT2D eigenvalue weighted by atomic mass is 16.6. The van der Waals surface area contributed by atoms with E-state index >= 15 is 0 Å². The lowest BCUT2D eigenvalue weighted by Crippen LogP contribution is -2.32. The summed E-state index contributed by atoms with van der Waals surface area (Å²) in [6.45, 7) is 2.11. The summed E-state index contributed by atoms with van der Waals surface area (Å²) in [4.78, 5) is 24.0. The quantitative estimate of drug-likeness (QED) is 0.826. The SMILES string of the molecule is O=C(O)CNC[C@@H]1CCN(C(=O)OCc2ccccc2)C1. The van der Waals surface area contributed by atoms with Crippen molar-refractivity contribution in [2.45, 2.75) is 13.0 Å². The monoisotopic (exact) mass is 292 g/mol. The van der Waals surface area contributed by atoms with E-state index in [9.17, 15) is 9.59 Å². The maximum atomic E-state index is 11.9. The molecule has 0 aromatic heterocycles. The van der Waals surface area contributed by atoms with Gasteiger partial charge in [-0.3, -0.25) is 4.79 Å². The minimum Gasteiger partial charge on any atom is -0.480 e. The Morgan fingerprint density at radius 3 is 2.81 bits per heavy atom. The molecular weight excluding hydrogens is 272 g/mol. The molecule has 114 valence electrons. The Hall–Kier alpha value is -2.08. The Labute approximate surface area is 123 Å². The van der Waals surface area contributed by atoms with Gasteiger partial charge in [0.1, 0.15) is 6.61 Å². The largest absolute Gasteiger partial charge is 0.480 e. The molecule has 6 heteroatoms. The Balaban J connectivity index is 1.68. The Morgan fingerprint density at radius 1 is 1.33 bits per heavy atom. The normalized spacial score (nSPS) is 17.7. The molecule has 1 fully saturated rings. The van der Waals surface area contributed by atoms with E-state index in [1.807, 2.05) is 30.3 Å². The summed E-state index contributed by atoms with van der Waals surface area (Å²) in [5.41, 5.74) is 0.963. The number of carbonyl (C=O) groups is 2. The van der Waals surface area contributed by atoms with Crippen molar-refractivity contribution in [3.8, 4) is 0 Å². The second-order valence-corrected chi connectivity index (χ2v) is 5.17. The predicted octanol–water partition coefficient (Wildman–Crippen LogP) is 1.32. The Bertz CT molecular complexity index is 478. The highest BCUT2D eigenvalue weighted by Crippen LogP contribution is 2.16. The van der Waals surface area contributed by atoms with Crippen LogP contribution < -0.4 is 5.32 Å². The average molecular weight is 292 g/mol. The van der Waals surface area contributed by atoms with Crippen molar-refractivity contribution in [1.82, 2.24) is 10.2 Å². The smallest absolute Gasteiger partial charge is 0.410 e. The number of hydrogen-bond acceptors (Lipinski definition) is 4. The van der Waals surface area contributed by atoms with Crippen molar-refractivity contribution in [1.29, 1.82) is 0 Å². The molecule has 0 spiro atoms. The first-order valence-electron chi connectivity index (χ1n) is 7.03. The highest BCUT2D eigenvalue weighted by molar-refractivity contribution is 5.69. The lowest BCUT2D eigenvalue weighted by Gasteiger charge is -2.16. The van der Waals surface area contributed by atoms with E-state index in [1.54, 1.807) is 4.90 Å². The fourth-order valence-electron chi connectivity index (χ4n) is 2.36. The van der Waals surface area contributed by atoms with Crippen molar-refractivity contribution in [2.75, 3.05) is 26.2 Å². The molecule has 6 nitrogen and oxygen atoms in total. The maximum absolute atomic E-state index is 11.9. The van der Waals surface area contributed by atoms with E-state index in [0.717, 1.165) is 12.0 Å². The molecule has 0 aliphatic carbocycles. The van der Waals surface area contributed by atoms with E-state index < -0.39 is 5.97 Å². The molecule has 1 aromatic rings. The molecule has 1 aromatic carbocycles. The van der Waals surface area contributed by atoms with E-state index in [0.29, 0.717) is 19.6 Å². The van der Waals surface area contributed by atoms with Gasteiger partial charge in [-0.15, -0.1) is 0 Å². The first-order chi connectivity index (χ1) is 10.1. The van der Waals surface area contributed by atoms with Gasteiger partial charge >= 0.3 is 12.1 Å². The number of carboxylic acid groups (broad SMARTS) is 1. The summed E-state index contributed by atoms with van der Waals surface area (Å²) >= 11 is 0. The number of amides is 1. The molecular formula is C15H20N2O4. The zero-order valence-corrected chi connectivity index (χ0v) is 11.8. The van der Waals surface area contributed by atoms with Crippen LogP contribution in [0.2, 0.25) is 0 Å². The molecule has 0 saturated carbocycles. The topological polar surface area (TPSA) is 78.9 Å². The Kier molecular flexibility index (Phi) is 5.57. The predicted molar refractivity (Wildman–Crippen MR) is 76.8 cm³/mol. The molecule has 1 heterocycles. The van der Waals surface area contributed by atoms with E-state index in [-0.39, 0.29) is 25.2 Å². The number of likely N-dealkylation sites (tertiary alicyclic amines) is 1. The number of benzene rings is 1. The van der Waals surface area contributed by atoms with Crippen LogP contribution in [0.4, 0.5) is 4.79 Å². The van der Waals surface area contributed by atoms with Crippen LogP contribution in [0.3, 0.4) is 0 Å². The third kappa shape index (κ3) is 5.07. The van der Waals surface area contributed by atoms with Crippen LogP contribution in [0.1, 0.15) is 12.0 Å². The van der Waals surface area contributed by atoms with Gasteiger partial charge in [0.25, 0.3) is 0 Å². The van der Waals surface area contributed by atoms with Crippen LogP contribution in [0.25, 0.3) is 0 Å². The van der Waals surface area contributed by atoms with Gasteiger partial charge in [0, 0.05) is 19.6 Å². The van der Waals surface area contributed by atoms with Gasteiger partial charge in [-0.2, -0.15) is 0 Å². The van der Waals surface area contributed by atoms with Crippen LogP contribution in [0, 0.1) is 5.92 Å². The van der Waals surface area contributed by atoms with Gasteiger partial charge < -0.3 is 20.1 Å². The first-order valence-corrected chi connectivity index (χ1v) is 7.03. The number of aliphatic carboxylic acids is 1. The van der Waals surface area contributed by atoms with Gasteiger partial charge in [0.05, 0.1) is 6.54 Å². The van der Waals surface area contributed by atoms with Crippen molar-refractivity contribution < 1.29 is 19.4 Å². The second-order valence-electron chi connectivity index (χ2n) is 5.17. The summed E-state index contributed by atoms with van der Waals surface area (Å²) in [6.07, 6.45) is 0.562. The van der Waals surface area contributed by atoms with Gasteiger partial charge in [0.2, 0.25) is 0 Å². The molecule has 1 aliphatic heterocycles. The average Bonchev–Trinajstić information content (AvgIpc) is 2.94. The summed E-state index contributed by atoms with van der Waals surface area (Å²) < 4.78 is 5.28. The molecule has 2 N–H and O–H groups in total. The zero-order chi connectivity index (χ0) is 15.1. The van der Waals surface area contributed by atoms with Crippen LogP contribution >= 0.6 is 0 Å². The standard InChI is InChI=1S/C15H20N2O4/c18-14(19)9-16-8-13-6-7-17(10-13)15(20)21-11-12-4-2-1-3-5-12/h1-5,13,16H,6-11H2,(H,18,19)/t13-/m0/s1. The number of nitrogens with zero attached hydrogens (tertiary/aromatic N) is 1. The number of hydrogen-bond donors (Lipinski definition) is 2. The number of rotatable bonds is 6. The van der Waals surface area contributed by atoms with Gasteiger partial charge in [-0.25, -0.2) is 4.79 Å². The van der Waals surface area contributed by atoms with E-state index in [2.05, 4.69) is 5.32 Å². The lowest BCUT2D eigenvalue weighted by molar-refractivity contribution is -0.136. The van der Waals surface area contributed by atoms with Crippen LogP contribution in [-0.4, -0.2) is 48.2 Å². The number of carbonyl (C=O) groups excluding carboxylic acids is 1. The summed E-state index contributed by atoms with van der Waals surface area (Å²) in [7, 11) is 0. The molecule has 21 heavy (non-hydrogen) atoms. The summed E-state index contributed by atoms with van der Waals surface area (Å²) in [5.74, 6) is -0.583. The van der Waals surface area contributed by atoms with Crippen molar-refractivity contribution in [3.05, 3.63) is 35.9 Å². The third-order valence-corrected chi connectivity index (χ3v) is 3.46. The minimum atomic E-state index is -0.868. The van der Waals surface area contributed by atoms with Crippen LogP contribution in [0.5, 0.6) is 0 Å². The number of ether oxygens (including phenoxy) is 1. The molecule has 1 aliphatic rings. The second kappa shape index (κ2) is 7.64. The fourth-order valence-corrected chi connectivity index (χ4v) is 2.36. The van der Waals surface area contributed by atoms with Crippen LogP contribution in [-0.2, 0) is 16.1 Å². The van der Waals surface area contributed by atoms with E-state index in [4.69, 9.17) is 9.84 Å². The molecule has 0 radical (unpaired) electrons. The lowest BCUT2D eigenvalue weighted by atomic mass is 10.1. The van der Waals surface area contributed by atoms with Crippen molar-refractivity contribution in [3.63, 3.8) is 0 Å².